The summed E-state index contributed by atoms with van der Waals surface area (Å²) in [4.78, 5) is 29.0. The molecule has 1 N–H and O–H groups in total. The minimum atomic E-state index is -4.49. The smallest absolute Gasteiger partial charge is 0.354 e. The Labute approximate surface area is 201 Å². The second kappa shape index (κ2) is 10.2. The molecule has 0 aliphatic carbocycles. The van der Waals surface area contributed by atoms with E-state index in [-0.39, 0.29) is 11.1 Å². The third-order valence-electron chi connectivity index (χ3n) is 6.10. The van der Waals surface area contributed by atoms with Gasteiger partial charge in [0, 0.05) is 71.3 Å². The van der Waals surface area contributed by atoms with Gasteiger partial charge in [-0.3, -0.25) is 0 Å². The Kier molecular flexibility index (Phi) is 7.32. The van der Waals surface area contributed by atoms with Gasteiger partial charge in [0.15, 0.2) is 0 Å². The summed E-state index contributed by atoms with van der Waals surface area (Å²) >= 11 is 6.04. The molecule has 0 spiro atoms. The molecule has 12 heteroatoms. The minimum Gasteiger partial charge on any atom is -0.354 e. The fraction of sp³-hybridized carbons (Fsp3) is 0.500. The number of hydrogen-bond acceptors (Lipinski definition) is 6. The predicted octanol–water partition coefficient (Wildman–Crippen LogP) is 2.93. The molecule has 0 atom stereocenters. The van der Waals surface area contributed by atoms with E-state index >= 15 is 0 Å². The zero-order valence-corrected chi connectivity index (χ0v) is 19.6. The summed E-state index contributed by atoms with van der Waals surface area (Å²) in [5, 5.41) is 2.85. The van der Waals surface area contributed by atoms with Crippen LogP contribution in [0.25, 0.3) is 0 Å². The maximum atomic E-state index is 12.8. The van der Waals surface area contributed by atoms with Gasteiger partial charge in [-0.05, 0) is 24.7 Å². The monoisotopic (exact) mass is 497 g/mol. The van der Waals surface area contributed by atoms with Crippen LogP contribution in [0.5, 0.6) is 0 Å². The Morgan fingerprint density at radius 1 is 1.00 bits per heavy atom. The van der Waals surface area contributed by atoms with E-state index in [9.17, 15) is 18.0 Å². The van der Waals surface area contributed by atoms with Crippen LogP contribution in [-0.2, 0) is 12.7 Å². The van der Waals surface area contributed by atoms with Crippen LogP contribution in [0, 0.1) is 0 Å². The molecule has 2 amide bonds. The van der Waals surface area contributed by atoms with Gasteiger partial charge in [0.25, 0.3) is 0 Å². The molecule has 2 aliphatic rings. The molecular formula is C22H27ClF3N7O. The van der Waals surface area contributed by atoms with Crippen molar-refractivity contribution in [3.63, 3.8) is 0 Å². The van der Waals surface area contributed by atoms with Crippen LogP contribution in [-0.4, -0.2) is 85.2 Å². The van der Waals surface area contributed by atoms with E-state index in [0.29, 0.717) is 38.5 Å². The third kappa shape index (κ3) is 5.82. The van der Waals surface area contributed by atoms with Gasteiger partial charge in [0.1, 0.15) is 11.6 Å². The number of nitrogens with one attached hydrogen (secondary N) is 1. The van der Waals surface area contributed by atoms with Gasteiger partial charge in [-0.1, -0.05) is 17.7 Å². The standard InChI is InChI=1S/C22H27ClF3N7O/c1-30-4-6-31(7-5-30)19-3-2-16(13-27-19)14-29-21(34)33-10-8-32(9-11-33)20-18(23)12-17(15-28-20)22(24,25)26/h2-3,12-13,15H,4-11,14H2,1H3,(H,29,34). The van der Waals surface area contributed by atoms with E-state index in [1.807, 2.05) is 12.1 Å². The van der Waals surface area contributed by atoms with Gasteiger partial charge in [0.05, 0.1) is 10.6 Å². The minimum absolute atomic E-state index is 0.0553. The second-order valence-corrected chi connectivity index (χ2v) is 8.88. The Morgan fingerprint density at radius 2 is 1.68 bits per heavy atom. The number of amides is 2. The first kappa shape index (κ1) is 24.3. The van der Waals surface area contributed by atoms with E-state index < -0.39 is 11.7 Å². The van der Waals surface area contributed by atoms with Gasteiger partial charge < -0.3 is 24.9 Å². The van der Waals surface area contributed by atoms with Crippen LogP contribution in [0.1, 0.15) is 11.1 Å². The van der Waals surface area contributed by atoms with Gasteiger partial charge in [-0.2, -0.15) is 13.2 Å². The van der Waals surface area contributed by atoms with Crippen molar-refractivity contribution in [2.24, 2.45) is 0 Å². The molecule has 4 heterocycles. The quantitative estimate of drug-likeness (QED) is 0.700. The number of carbonyl (C=O) groups is 1. The number of aromatic nitrogens is 2. The lowest BCUT2D eigenvalue weighted by molar-refractivity contribution is -0.137. The summed E-state index contributed by atoms with van der Waals surface area (Å²) in [5.74, 6) is 1.23. The maximum Gasteiger partial charge on any atom is 0.417 e. The SMILES string of the molecule is CN1CCN(c2ccc(CNC(=O)N3CCN(c4ncc(C(F)(F)F)cc4Cl)CC3)cn2)CC1. The Hall–Kier alpha value is -2.79. The molecule has 0 bridgehead atoms. The number of carbonyl (C=O) groups excluding carboxylic acids is 1. The van der Waals surface area contributed by atoms with Crippen LogP contribution < -0.4 is 15.1 Å². The summed E-state index contributed by atoms with van der Waals surface area (Å²) in [5.41, 5.74) is 0.0240. The molecule has 4 rings (SSSR count). The molecule has 0 radical (unpaired) electrons. The number of rotatable bonds is 4. The molecule has 2 fully saturated rings. The summed E-state index contributed by atoms with van der Waals surface area (Å²) < 4.78 is 38.5. The highest BCUT2D eigenvalue weighted by Gasteiger charge is 2.32. The van der Waals surface area contributed by atoms with Crippen LogP contribution in [0.2, 0.25) is 5.02 Å². The third-order valence-corrected chi connectivity index (χ3v) is 6.37. The van der Waals surface area contributed by atoms with Crippen molar-refractivity contribution in [3.05, 3.63) is 46.7 Å². The average Bonchev–Trinajstić information content (AvgIpc) is 2.83. The topological polar surface area (TPSA) is 67.8 Å². The highest BCUT2D eigenvalue weighted by Crippen LogP contribution is 2.33. The molecular weight excluding hydrogens is 471 g/mol. The summed E-state index contributed by atoms with van der Waals surface area (Å²) in [6.07, 6.45) is -1.93. The summed E-state index contributed by atoms with van der Waals surface area (Å²) in [7, 11) is 2.11. The Morgan fingerprint density at radius 3 is 2.26 bits per heavy atom. The number of likely N-dealkylation sites (N-methyl/N-ethyl adjacent to an activating group) is 1. The van der Waals surface area contributed by atoms with Gasteiger partial charge in [-0.25, -0.2) is 14.8 Å². The van der Waals surface area contributed by atoms with Crippen molar-refractivity contribution < 1.29 is 18.0 Å². The maximum absolute atomic E-state index is 12.8. The lowest BCUT2D eigenvalue weighted by Gasteiger charge is -2.35. The molecule has 2 aliphatic heterocycles. The molecule has 2 aromatic heterocycles. The molecule has 2 saturated heterocycles. The highest BCUT2D eigenvalue weighted by atomic mass is 35.5. The molecule has 0 unspecified atom stereocenters. The van der Waals surface area contributed by atoms with Gasteiger partial charge in [-0.15, -0.1) is 0 Å². The number of piperazine rings is 2. The van der Waals surface area contributed by atoms with Crippen molar-refractivity contribution in [2.75, 3.05) is 69.2 Å². The van der Waals surface area contributed by atoms with Gasteiger partial charge in [0.2, 0.25) is 0 Å². The first-order valence-electron chi connectivity index (χ1n) is 11.1. The highest BCUT2D eigenvalue weighted by molar-refractivity contribution is 6.33. The lowest BCUT2D eigenvalue weighted by Crippen LogP contribution is -2.52. The summed E-state index contributed by atoms with van der Waals surface area (Å²) in [6.45, 7) is 5.93. The molecule has 8 nitrogen and oxygen atoms in total. The van der Waals surface area contributed by atoms with Crippen LogP contribution in [0.15, 0.2) is 30.6 Å². The van der Waals surface area contributed by atoms with Crippen molar-refractivity contribution in [1.82, 2.24) is 25.1 Å². The van der Waals surface area contributed by atoms with Crippen molar-refractivity contribution in [2.45, 2.75) is 12.7 Å². The molecule has 0 saturated carbocycles. The van der Waals surface area contributed by atoms with E-state index in [1.165, 1.54) is 0 Å². The van der Waals surface area contributed by atoms with E-state index in [1.54, 1.807) is 16.0 Å². The number of hydrogen-bond donors (Lipinski definition) is 1. The zero-order valence-electron chi connectivity index (χ0n) is 18.9. The predicted molar refractivity (Wildman–Crippen MR) is 124 cm³/mol. The van der Waals surface area contributed by atoms with Gasteiger partial charge >= 0.3 is 12.2 Å². The number of nitrogens with zero attached hydrogens (tertiary/aromatic N) is 6. The fourth-order valence-electron chi connectivity index (χ4n) is 3.97. The van der Waals surface area contributed by atoms with Crippen molar-refractivity contribution in [1.29, 1.82) is 0 Å². The molecule has 0 aromatic carbocycles. The first-order valence-corrected chi connectivity index (χ1v) is 11.5. The number of urea groups is 1. The number of pyridine rings is 2. The lowest BCUT2D eigenvalue weighted by atomic mass is 10.2. The number of halogens is 4. The normalized spacial score (nSPS) is 17.7. The number of anilines is 2. The number of alkyl halides is 3. The van der Waals surface area contributed by atoms with Crippen LogP contribution in [0.3, 0.4) is 0 Å². The largest absolute Gasteiger partial charge is 0.417 e. The molecule has 2 aromatic rings. The van der Waals surface area contributed by atoms with Crippen LogP contribution >= 0.6 is 11.6 Å². The van der Waals surface area contributed by atoms with Crippen LogP contribution in [0.4, 0.5) is 29.6 Å². The second-order valence-electron chi connectivity index (χ2n) is 8.47. The first-order chi connectivity index (χ1) is 16.2. The van der Waals surface area contributed by atoms with E-state index in [0.717, 1.165) is 49.8 Å². The average molecular weight is 498 g/mol. The van der Waals surface area contributed by atoms with E-state index in [4.69, 9.17) is 11.6 Å². The van der Waals surface area contributed by atoms with Crippen molar-refractivity contribution >= 4 is 29.3 Å². The Bertz CT molecular complexity index is 989. The molecule has 34 heavy (non-hydrogen) atoms. The Balaban J connectivity index is 1.25. The van der Waals surface area contributed by atoms with Crippen molar-refractivity contribution in [3.8, 4) is 0 Å². The fourth-order valence-corrected chi connectivity index (χ4v) is 4.26. The summed E-state index contributed by atoms with van der Waals surface area (Å²) in [6, 6.07) is 4.63. The molecule has 184 valence electrons. The zero-order chi connectivity index (χ0) is 24.3. The van der Waals surface area contributed by atoms with E-state index in [2.05, 4.69) is 32.1 Å².